The third-order valence-corrected chi connectivity index (χ3v) is 3.67. The van der Waals surface area contributed by atoms with Crippen molar-refractivity contribution < 1.29 is 4.79 Å². The molecule has 20 heavy (non-hydrogen) atoms. The molecule has 6 heteroatoms. The topological polar surface area (TPSA) is 66.9 Å². The van der Waals surface area contributed by atoms with Crippen LogP contribution in [-0.2, 0) is 11.2 Å². The monoisotopic (exact) mass is 290 g/mol. The Morgan fingerprint density at radius 3 is 3.05 bits per heavy atom. The van der Waals surface area contributed by atoms with E-state index in [1.54, 1.807) is 12.4 Å². The first kappa shape index (κ1) is 14.6. The second-order valence-electron chi connectivity index (χ2n) is 4.37. The Bertz CT molecular complexity index is 541. The Hall–Kier alpha value is -1.79. The van der Waals surface area contributed by atoms with Crippen molar-refractivity contribution in [3.8, 4) is 10.6 Å². The van der Waals surface area contributed by atoms with Gasteiger partial charge in [-0.25, -0.2) is 4.98 Å². The molecule has 2 heterocycles. The molecule has 0 atom stereocenters. The summed E-state index contributed by atoms with van der Waals surface area (Å²) in [6.07, 6.45) is 4.77. The summed E-state index contributed by atoms with van der Waals surface area (Å²) in [5.74, 6) is 0.0177. The maximum Gasteiger partial charge on any atom is 0.226 e. The highest BCUT2D eigenvalue weighted by molar-refractivity contribution is 7.13. The minimum absolute atomic E-state index is 0.0177. The van der Waals surface area contributed by atoms with Gasteiger partial charge < -0.3 is 10.6 Å². The molecule has 2 aromatic rings. The summed E-state index contributed by atoms with van der Waals surface area (Å²) >= 11 is 1.54. The first-order valence-electron chi connectivity index (χ1n) is 6.55. The molecule has 0 spiro atoms. The molecule has 2 aromatic heterocycles. The Morgan fingerprint density at radius 2 is 2.30 bits per heavy atom. The number of rotatable bonds is 7. The number of aromatic nitrogens is 2. The molecule has 0 aliphatic rings. The quantitative estimate of drug-likeness (QED) is 0.758. The molecule has 0 bridgehead atoms. The summed E-state index contributed by atoms with van der Waals surface area (Å²) in [7, 11) is 1.90. The molecule has 0 fully saturated rings. The molecule has 0 aliphatic carbocycles. The van der Waals surface area contributed by atoms with Crippen molar-refractivity contribution in [2.75, 3.05) is 20.1 Å². The lowest BCUT2D eigenvalue weighted by Gasteiger charge is -2.03. The first-order valence-corrected chi connectivity index (χ1v) is 7.43. The van der Waals surface area contributed by atoms with Crippen LogP contribution in [0.25, 0.3) is 10.6 Å². The summed E-state index contributed by atoms with van der Waals surface area (Å²) in [4.78, 5) is 20.3. The standard InChI is InChI=1S/C14H18N4OS/c1-15-5-3-7-17-13(19)8-12-10-20-14(18-12)11-4-2-6-16-9-11/h2,4,6,9-10,15H,3,5,7-8H2,1H3,(H,17,19). The van der Waals surface area contributed by atoms with Crippen molar-refractivity contribution in [2.24, 2.45) is 0 Å². The average Bonchev–Trinajstić information content (AvgIpc) is 2.93. The third kappa shape index (κ3) is 4.40. The van der Waals surface area contributed by atoms with E-state index in [4.69, 9.17) is 0 Å². The van der Waals surface area contributed by atoms with Crippen LogP contribution in [0.4, 0.5) is 0 Å². The lowest BCUT2D eigenvalue weighted by atomic mass is 10.3. The number of hydrogen-bond acceptors (Lipinski definition) is 5. The van der Waals surface area contributed by atoms with Gasteiger partial charge in [0.05, 0.1) is 12.1 Å². The summed E-state index contributed by atoms with van der Waals surface area (Å²) in [5, 5.41) is 8.76. The van der Waals surface area contributed by atoms with Crippen LogP contribution in [0.2, 0.25) is 0 Å². The fourth-order valence-electron chi connectivity index (χ4n) is 1.73. The number of nitrogens with zero attached hydrogens (tertiary/aromatic N) is 2. The molecule has 0 saturated heterocycles. The molecule has 0 aliphatic heterocycles. The second-order valence-corrected chi connectivity index (χ2v) is 5.23. The van der Waals surface area contributed by atoms with Crippen LogP contribution in [0.3, 0.4) is 0 Å². The predicted molar refractivity (Wildman–Crippen MR) is 80.6 cm³/mol. The van der Waals surface area contributed by atoms with E-state index >= 15 is 0 Å². The van der Waals surface area contributed by atoms with Crippen molar-refractivity contribution in [2.45, 2.75) is 12.8 Å². The van der Waals surface area contributed by atoms with Crippen LogP contribution in [0.1, 0.15) is 12.1 Å². The predicted octanol–water partition coefficient (Wildman–Crippen LogP) is 1.47. The van der Waals surface area contributed by atoms with Crippen LogP contribution < -0.4 is 10.6 Å². The van der Waals surface area contributed by atoms with E-state index in [0.717, 1.165) is 29.2 Å². The molecule has 2 N–H and O–H groups in total. The number of carbonyl (C=O) groups is 1. The van der Waals surface area contributed by atoms with E-state index in [-0.39, 0.29) is 5.91 Å². The van der Waals surface area contributed by atoms with Gasteiger partial charge in [0.25, 0.3) is 0 Å². The van der Waals surface area contributed by atoms with Gasteiger partial charge >= 0.3 is 0 Å². The number of amides is 1. The normalized spacial score (nSPS) is 10.4. The molecule has 5 nitrogen and oxygen atoms in total. The van der Waals surface area contributed by atoms with Crippen molar-refractivity contribution >= 4 is 17.2 Å². The molecule has 0 radical (unpaired) electrons. The minimum Gasteiger partial charge on any atom is -0.356 e. The molecule has 0 saturated carbocycles. The van der Waals surface area contributed by atoms with E-state index in [2.05, 4.69) is 20.6 Å². The highest BCUT2D eigenvalue weighted by Gasteiger charge is 2.08. The fourth-order valence-corrected chi connectivity index (χ4v) is 2.54. The van der Waals surface area contributed by atoms with Gasteiger partial charge in [-0.05, 0) is 32.1 Å². The van der Waals surface area contributed by atoms with Crippen molar-refractivity contribution in [3.63, 3.8) is 0 Å². The number of thiazole rings is 1. The van der Waals surface area contributed by atoms with Crippen LogP contribution in [0, 0.1) is 0 Å². The number of pyridine rings is 1. The molecule has 0 unspecified atom stereocenters. The molecule has 0 aromatic carbocycles. The van der Waals surface area contributed by atoms with Gasteiger partial charge in [-0.15, -0.1) is 11.3 Å². The van der Waals surface area contributed by atoms with Gasteiger partial charge in [-0.1, -0.05) is 0 Å². The van der Waals surface area contributed by atoms with Gasteiger partial charge in [-0.3, -0.25) is 9.78 Å². The van der Waals surface area contributed by atoms with Gasteiger partial charge in [0.1, 0.15) is 5.01 Å². The second kappa shape index (κ2) is 7.72. The highest BCUT2D eigenvalue weighted by atomic mass is 32.1. The largest absolute Gasteiger partial charge is 0.356 e. The Kier molecular flexibility index (Phi) is 5.64. The van der Waals surface area contributed by atoms with E-state index in [9.17, 15) is 4.79 Å². The van der Waals surface area contributed by atoms with Gasteiger partial charge in [0, 0.05) is 29.9 Å². The zero-order chi connectivity index (χ0) is 14.2. The summed E-state index contributed by atoms with van der Waals surface area (Å²) in [5.41, 5.74) is 1.79. The average molecular weight is 290 g/mol. The van der Waals surface area contributed by atoms with Crippen molar-refractivity contribution in [1.82, 2.24) is 20.6 Å². The highest BCUT2D eigenvalue weighted by Crippen LogP contribution is 2.22. The maximum atomic E-state index is 11.7. The van der Waals surface area contributed by atoms with E-state index in [1.165, 1.54) is 11.3 Å². The zero-order valence-electron chi connectivity index (χ0n) is 11.4. The minimum atomic E-state index is 0.0177. The van der Waals surface area contributed by atoms with Gasteiger partial charge in [-0.2, -0.15) is 0 Å². The summed E-state index contributed by atoms with van der Waals surface area (Å²) < 4.78 is 0. The van der Waals surface area contributed by atoms with Crippen LogP contribution in [0.5, 0.6) is 0 Å². The van der Waals surface area contributed by atoms with E-state index in [0.29, 0.717) is 13.0 Å². The van der Waals surface area contributed by atoms with E-state index < -0.39 is 0 Å². The molecular weight excluding hydrogens is 272 g/mol. The molecule has 2 rings (SSSR count). The van der Waals surface area contributed by atoms with Gasteiger partial charge in [0.15, 0.2) is 0 Å². The van der Waals surface area contributed by atoms with Crippen LogP contribution in [0.15, 0.2) is 29.9 Å². The molecular formula is C14H18N4OS. The zero-order valence-corrected chi connectivity index (χ0v) is 12.2. The molecule has 106 valence electrons. The first-order chi connectivity index (χ1) is 9.79. The maximum absolute atomic E-state index is 11.7. The SMILES string of the molecule is CNCCCNC(=O)Cc1csc(-c2cccnc2)n1. The fraction of sp³-hybridized carbons (Fsp3) is 0.357. The van der Waals surface area contributed by atoms with E-state index in [1.807, 2.05) is 24.6 Å². The Labute approximate surface area is 122 Å². The Morgan fingerprint density at radius 1 is 1.40 bits per heavy atom. The van der Waals surface area contributed by atoms with Crippen LogP contribution in [-0.4, -0.2) is 36.0 Å². The smallest absolute Gasteiger partial charge is 0.226 e. The summed E-state index contributed by atoms with van der Waals surface area (Å²) in [6, 6.07) is 3.85. The van der Waals surface area contributed by atoms with Gasteiger partial charge in [0.2, 0.25) is 5.91 Å². The number of nitrogens with one attached hydrogen (secondary N) is 2. The number of carbonyl (C=O) groups excluding carboxylic acids is 1. The summed E-state index contributed by atoms with van der Waals surface area (Å²) in [6.45, 7) is 1.60. The van der Waals surface area contributed by atoms with Crippen molar-refractivity contribution in [1.29, 1.82) is 0 Å². The lowest BCUT2D eigenvalue weighted by molar-refractivity contribution is -0.120. The molecule has 1 amide bonds. The number of hydrogen-bond donors (Lipinski definition) is 2. The third-order valence-electron chi connectivity index (χ3n) is 2.73. The lowest BCUT2D eigenvalue weighted by Crippen LogP contribution is -2.28. The van der Waals surface area contributed by atoms with Crippen LogP contribution >= 0.6 is 11.3 Å². The van der Waals surface area contributed by atoms with Crippen molar-refractivity contribution in [3.05, 3.63) is 35.6 Å². The Balaban J connectivity index is 1.85.